The van der Waals surface area contributed by atoms with Gasteiger partial charge in [0, 0.05) is 24.3 Å². The Bertz CT molecular complexity index is 779. The molecule has 13 heteroatoms. The molecule has 140 valence electrons. The first kappa shape index (κ1) is 19.0. The van der Waals surface area contributed by atoms with Gasteiger partial charge in [-0.2, -0.15) is 0 Å². The van der Waals surface area contributed by atoms with Crippen molar-refractivity contribution in [3.63, 3.8) is 0 Å². The molecule has 27 heavy (non-hydrogen) atoms. The number of nitrogens with zero attached hydrogens (tertiary/aromatic N) is 3. The molecule has 2 aromatic rings. The predicted octanol–water partition coefficient (Wildman–Crippen LogP) is 2.68. The maximum atomic E-state index is 11.4. The van der Waals surface area contributed by atoms with Gasteiger partial charge >= 0.3 is 18.0 Å². The summed E-state index contributed by atoms with van der Waals surface area (Å²) in [4.78, 5) is 51.5. The van der Waals surface area contributed by atoms with E-state index < -0.39 is 22.8 Å². The van der Waals surface area contributed by atoms with Gasteiger partial charge in [-0.05, 0) is 24.3 Å². The third kappa shape index (κ3) is 5.93. The van der Waals surface area contributed by atoms with Crippen molar-refractivity contribution in [2.45, 2.75) is 0 Å². The molecular weight excluding hydrogens is 370 g/mol. The molecule has 0 spiro atoms. The van der Waals surface area contributed by atoms with Gasteiger partial charge in [0.05, 0.1) is 9.85 Å². The van der Waals surface area contributed by atoms with Gasteiger partial charge in [0.1, 0.15) is 10.7 Å². The van der Waals surface area contributed by atoms with Gasteiger partial charge in [-0.3, -0.25) is 20.2 Å². The highest BCUT2D eigenvalue weighted by molar-refractivity contribution is 5.63. The molecule has 13 nitrogen and oxygen atoms in total. The van der Waals surface area contributed by atoms with Crippen molar-refractivity contribution < 1.29 is 38.9 Å². The van der Waals surface area contributed by atoms with E-state index in [0.717, 1.165) is 36.4 Å². The van der Waals surface area contributed by atoms with Crippen molar-refractivity contribution in [1.29, 1.82) is 0 Å². The summed E-state index contributed by atoms with van der Waals surface area (Å²) < 4.78 is 9.15. The lowest BCUT2D eigenvalue weighted by Gasteiger charge is -2.02. The second kappa shape index (κ2) is 8.70. The Hall–Kier alpha value is -4.29. The number of carbonyl (C=O) groups is 1. The van der Waals surface area contributed by atoms with Gasteiger partial charge in [-0.15, -0.1) is 9.68 Å². The van der Waals surface area contributed by atoms with Gasteiger partial charge in [0.15, 0.2) is 0 Å². The van der Waals surface area contributed by atoms with Crippen molar-refractivity contribution in [2.24, 2.45) is 0 Å². The summed E-state index contributed by atoms with van der Waals surface area (Å²) in [6, 6.07) is 9.15. The summed E-state index contributed by atoms with van der Waals surface area (Å²) in [5.41, 5.74) is -0.387. The lowest BCUT2D eigenvalue weighted by atomic mass is 10.3. The highest BCUT2D eigenvalue weighted by Gasteiger charge is 2.18. The van der Waals surface area contributed by atoms with Gasteiger partial charge in [0.25, 0.3) is 11.4 Å². The number of nitro benzene ring substituents is 2. The molecule has 2 aromatic carbocycles. The van der Waals surface area contributed by atoms with E-state index >= 15 is 0 Å². The summed E-state index contributed by atoms with van der Waals surface area (Å²) in [5.74, 6) is -0.0734. The minimum Gasteiger partial charge on any atom is -0.395 e. The summed E-state index contributed by atoms with van der Waals surface area (Å²) in [6.45, 7) is -0.859. The molecule has 0 aliphatic heterocycles. The third-order valence-electron chi connectivity index (χ3n) is 2.81. The van der Waals surface area contributed by atoms with Crippen LogP contribution in [-0.4, -0.2) is 27.9 Å². The molecule has 0 unspecified atom stereocenters. The van der Waals surface area contributed by atoms with Gasteiger partial charge in [-0.25, -0.2) is 4.79 Å². The number of nitro groups is 2. The monoisotopic (exact) mass is 380 g/mol. The fourth-order valence-corrected chi connectivity index (χ4v) is 1.62. The highest BCUT2D eigenvalue weighted by atomic mass is 17.0. The molecule has 0 N–H and O–H groups in total. The van der Waals surface area contributed by atoms with E-state index in [1.165, 1.54) is 12.1 Å². The molecule has 0 saturated heterocycles. The quantitative estimate of drug-likeness (QED) is 0.219. The maximum Gasteiger partial charge on any atom is 0.517 e. The lowest BCUT2D eigenvalue weighted by Crippen LogP contribution is -2.19. The van der Waals surface area contributed by atoms with Crippen molar-refractivity contribution in [3.05, 3.63) is 73.7 Å². The van der Waals surface area contributed by atoms with Crippen LogP contribution in [0.2, 0.25) is 0 Å². The molecule has 0 aromatic heterocycles. The Morgan fingerprint density at radius 3 is 1.78 bits per heavy atom. The van der Waals surface area contributed by atoms with Crippen molar-refractivity contribution in [2.75, 3.05) is 6.79 Å². The van der Waals surface area contributed by atoms with Gasteiger partial charge in [-0.1, -0.05) is 0 Å². The molecular formula is C14H10N3O10+. The number of non-ortho nitro benzene ring substituents is 2. The molecule has 0 saturated carbocycles. The van der Waals surface area contributed by atoms with Crippen LogP contribution < -0.4 is 9.57 Å². The van der Waals surface area contributed by atoms with Crippen LogP contribution >= 0.6 is 0 Å². The Balaban J connectivity index is 1.73. The largest absolute Gasteiger partial charge is 0.517 e. The summed E-state index contributed by atoms with van der Waals surface area (Å²) in [6.07, 6.45) is -1.23. The second-order valence-electron chi connectivity index (χ2n) is 4.56. The fraction of sp³-hybridized carbons (Fsp3) is 0.0714. The molecule has 0 radical (unpaired) electrons. The van der Waals surface area contributed by atoms with Crippen LogP contribution in [-0.2, 0) is 9.57 Å². The predicted molar refractivity (Wildman–Crippen MR) is 83.5 cm³/mol. The number of carbonyl (C=O) groups excluding carboxylic acids is 1. The zero-order chi connectivity index (χ0) is 19.8. The normalized spacial score (nSPS) is 9.78. The Morgan fingerprint density at radius 2 is 1.30 bits per heavy atom. The molecule has 0 fully saturated rings. The third-order valence-corrected chi connectivity index (χ3v) is 2.81. The number of hydrogen-bond acceptors (Lipinski definition) is 10. The maximum absolute atomic E-state index is 11.4. The van der Waals surface area contributed by atoms with E-state index in [-0.39, 0.29) is 28.0 Å². The van der Waals surface area contributed by atoms with Crippen molar-refractivity contribution in [1.82, 2.24) is 0 Å². The average molecular weight is 380 g/mol. The average Bonchev–Trinajstić information content (AvgIpc) is 2.62. The van der Waals surface area contributed by atoms with Crippen LogP contribution in [0.3, 0.4) is 0 Å². The van der Waals surface area contributed by atoms with E-state index in [1.54, 1.807) is 0 Å². The first-order valence-electron chi connectivity index (χ1n) is 6.97. The zero-order valence-corrected chi connectivity index (χ0v) is 13.3. The summed E-state index contributed by atoms with van der Waals surface area (Å²) in [7, 11) is 0. The molecule has 2 rings (SSSR count). The first-order chi connectivity index (χ1) is 12.8. The Labute approximate surface area is 149 Å². The molecule has 0 heterocycles. The van der Waals surface area contributed by atoms with Gasteiger partial charge in [0.2, 0.25) is 5.75 Å². The van der Waals surface area contributed by atoms with Crippen LogP contribution in [0.25, 0.3) is 0 Å². The summed E-state index contributed by atoms with van der Waals surface area (Å²) in [5, 5.41) is 20.6. The molecule has 0 atom stereocenters. The highest BCUT2D eigenvalue weighted by Crippen LogP contribution is 2.18. The Morgan fingerprint density at radius 1 is 0.815 bits per heavy atom. The Kier molecular flexibility index (Phi) is 6.14. The minimum absolute atomic E-state index is 0.0216. The van der Waals surface area contributed by atoms with E-state index in [4.69, 9.17) is 4.74 Å². The van der Waals surface area contributed by atoms with Crippen LogP contribution in [0.15, 0.2) is 48.5 Å². The van der Waals surface area contributed by atoms with Crippen LogP contribution in [0.5, 0.6) is 11.5 Å². The van der Waals surface area contributed by atoms with Crippen LogP contribution in [0.4, 0.5) is 16.2 Å². The van der Waals surface area contributed by atoms with Crippen molar-refractivity contribution >= 4 is 17.5 Å². The zero-order valence-electron chi connectivity index (χ0n) is 13.3. The molecule has 0 bridgehead atoms. The minimum atomic E-state index is -1.23. The van der Waals surface area contributed by atoms with Crippen molar-refractivity contribution in [3.8, 4) is 11.5 Å². The van der Waals surface area contributed by atoms with Crippen LogP contribution in [0.1, 0.15) is 0 Å². The number of benzene rings is 2. The molecule has 0 aliphatic rings. The smallest absolute Gasteiger partial charge is 0.395 e. The number of ether oxygens (including phenoxy) is 2. The fourth-order valence-electron chi connectivity index (χ4n) is 1.62. The van der Waals surface area contributed by atoms with E-state index in [9.17, 15) is 29.9 Å². The van der Waals surface area contributed by atoms with E-state index in [0.29, 0.717) is 0 Å². The topological polar surface area (TPSA) is 160 Å². The molecule has 0 aliphatic carbocycles. The SMILES string of the molecule is O=C(OCO[N+](=O)Oc1ccc([N+](=O)[O-])cc1)Oc1ccc([N+](=O)[O-])cc1. The van der Waals surface area contributed by atoms with Crippen LogP contribution in [0, 0.1) is 25.1 Å². The lowest BCUT2D eigenvalue weighted by molar-refractivity contribution is -0.956. The first-order valence-corrected chi connectivity index (χ1v) is 6.97. The summed E-state index contributed by atoms with van der Waals surface area (Å²) >= 11 is 0. The molecule has 0 amide bonds. The number of rotatable bonds is 8. The second-order valence-corrected chi connectivity index (χ2v) is 4.56. The van der Waals surface area contributed by atoms with E-state index in [2.05, 4.69) is 14.4 Å². The van der Waals surface area contributed by atoms with E-state index in [1.807, 2.05) is 0 Å². The standard InChI is InChI=1S/C14H10N3O10/c18-14(26-12-5-1-10(2-6-12)15(19)20)24-9-25-17(23)27-13-7-3-11(4-8-13)16(21)22/h1-8H,9H2/q+1. The number of hydrogen-bond donors (Lipinski definition) is 0. The van der Waals surface area contributed by atoms with Gasteiger partial charge < -0.3 is 9.47 Å².